The van der Waals surface area contributed by atoms with Crippen molar-refractivity contribution < 1.29 is 9.90 Å². The molecule has 0 saturated heterocycles. The van der Waals surface area contributed by atoms with Crippen molar-refractivity contribution in [3.8, 4) is 0 Å². The highest BCUT2D eigenvalue weighted by Gasteiger charge is 2.03. The van der Waals surface area contributed by atoms with Crippen molar-refractivity contribution in [2.75, 3.05) is 6.54 Å². The molecule has 0 amide bonds. The molecule has 0 radical (unpaired) electrons. The van der Waals surface area contributed by atoms with E-state index in [2.05, 4.69) is 10.2 Å². The molecule has 1 heterocycles. The van der Waals surface area contributed by atoms with Crippen molar-refractivity contribution in [1.82, 2.24) is 0 Å². The molecule has 1 rings (SSSR count). The average molecular weight is 138 g/mol. The normalized spacial score (nSPS) is 16.2. The molecular weight excluding hydrogens is 132 g/mol. The Kier molecular flexibility index (Phi) is 1.94. The Hall–Kier alpha value is -1.45. The maximum Gasteiger partial charge on any atom is 0.356 e. The molecule has 0 aliphatic carbocycles. The Morgan fingerprint density at radius 2 is 2.50 bits per heavy atom. The number of nitrogens with zero attached hydrogens (tertiary/aromatic N) is 2. The van der Waals surface area contributed by atoms with Gasteiger partial charge in [-0.2, -0.15) is 5.11 Å². The van der Waals surface area contributed by atoms with Gasteiger partial charge in [-0.3, -0.25) is 0 Å². The SMILES string of the molecule is O=C(O)C1=CC=CCN=N1. The molecule has 0 unspecified atom stereocenters. The largest absolute Gasteiger partial charge is 0.476 e. The van der Waals surface area contributed by atoms with E-state index in [1.807, 2.05) is 0 Å². The number of carboxylic acids is 1. The first-order chi connectivity index (χ1) is 4.80. The maximum absolute atomic E-state index is 10.3. The van der Waals surface area contributed by atoms with Gasteiger partial charge in [0.25, 0.3) is 0 Å². The summed E-state index contributed by atoms with van der Waals surface area (Å²) in [6.07, 6.45) is 4.78. The Labute approximate surface area is 57.6 Å². The predicted molar refractivity (Wildman–Crippen MR) is 34.6 cm³/mol. The van der Waals surface area contributed by atoms with Crippen LogP contribution in [0, 0.1) is 0 Å². The standard InChI is InChI=1S/C6H6N2O2/c9-6(10)5-3-1-2-4-7-8-5/h1-3H,4H2,(H,9,10). The number of carbonyl (C=O) groups is 1. The van der Waals surface area contributed by atoms with E-state index in [-0.39, 0.29) is 5.70 Å². The molecule has 0 atom stereocenters. The minimum atomic E-state index is -1.05. The molecule has 0 aromatic rings. The van der Waals surface area contributed by atoms with Gasteiger partial charge >= 0.3 is 5.97 Å². The second-order valence-corrected chi connectivity index (χ2v) is 1.71. The molecule has 52 valence electrons. The number of rotatable bonds is 1. The summed E-state index contributed by atoms with van der Waals surface area (Å²) < 4.78 is 0. The fourth-order valence-electron chi connectivity index (χ4n) is 0.532. The van der Waals surface area contributed by atoms with E-state index in [0.717, 1.165) is 0 Å². The van der Waals surface area contributed by atoms with Gasteiger partial charge in [-0.05, 0) is 6.08 Å². The van der Waals surface area contributed by atoms with Crippen LogP contribution in [-0.2, 0) is 4.79 Å². The summed E-state index contributed by atoms with van der Waals surface area (Å²) >= 11 is 0. The first-order valence-electron chi connectivity index (χ1n) is 2.78. The maximum atomic E-state index is 10.3. The van der Waals surface area contributed by atoms with Gasteiger partial charge in [0.1, 0.15) is 0 Å². The molecule has 1 aliphatic heterocycles. The van der Waals surface area contributed by atoms with Crippen molar-refractivity contribution in [2.45, 2.75) is 0 Å². The van der Waals surface area contributed by atoms with Crippen LogP contribution in [0.15, 0.2) is 34.2 Å². The van der Waals surface area contributed by atoms with Crippen LogP contribution in [0.5, 0.6) is 0 Å². The molecule has 4 heteroatoms. The van der Waals surface area contributed by atoms with Crippen molar-refractivity contribution >= 4 is 5.97 Å². The monoisotopic (exact) mass is 138 g/mol. The highest BCUT2D eigenvalue weighted by atomic mass is 16.4. The van der Waals surface area contributed by atoms with E-state index >= 15 is 0 Å². The molecule has 4 nitrogen and oxygen atoms in total. The van der Waals surface area contributed by atoms with Crippen LogP contribution in [0.2, 0.25) is 0 Å². The van der Waals surface area contributed by atoms with Gasteiger partial charge in [-0.25, -0.2) is 4.79 Å². The quantitative estimate of drug-likeness (QED) is 0.587. The summed E-state index contributed by atoms with van der Waals surface area (Å²) in [6, 6.07) is 0. The van der Waals surface area contributed by atoms with Crippen LogP contribution < -0.4 is 0 Å². The zero-order valence-electron chi connectivity index (χ0n) is 5.19. The summed E-state index contributed by atoms with van der Waals surface area (Å²) in [5.74, 6) is -1.05. The lowest BCUT2D eigenvalue weighted by atomic mass is 10.4. The van der Waals surface area contributed by atoms with E-state index < -0.39 is 5.97 Å². The minimum Gasteiger partial charge on any atom is -0.476 e. The van der Waals surface area contributed by atoms with Crippen LogP contribution >= 0.6 is 0 Å². The van der Waals surface area contributed by atoms with Gasteiger partial charge in [0, 0.05) is 0 Å². The molecular formula is C6H6N2O2. The molecule has 0 aromatic heterocycles. The summed E-state index contributed by atoms with van der Waals surface area (Å²) in [4.78, 5) is 10.3. The second-order valence-electron chi connectivity index (χ2n) is 1.71. The highest BCUT2D eigenvalue weighted by Crippen LogP contribution is 2.01. The summed E-state index contributed by atoms with van der Waals surface area (Å²) in [5.41, 5.74) is -0.0197. The van der Waals surface area contributed by atoms with Gasteiger partial charge in [-0.1, -0.05) is 12.2 Å². The summed E-state index contributed by atoms with van der Waals surface area (Å²) in [6.45, 7) is 0.452. The van der Waals surface area contributed by atoms with Crippen molar-refractivity contribution in [2.24, 2.45) is 10.2 Å². The number of carboxylic acid groups (broad SMARTS) is 1. The molecule has 1 N–H and O–H groups in total. The molecule has 0 fully saturated rings. The number of azo groups is 1. The third-order valence-electron chi connectivity index (χ3n) is 0.975. The molecule has 0 spiro atoms. The van der Waals surface area contributed by atoms with Crippen LogP contribution in [0.1, 0.15) is 0 Å². The number of hydrogen-bond acceptors (Lipinski definition) is 3. The molecule has 0 saturated carbocycles. The lowest BCUT2D eigenvalue weighted by molar-refractivity contribution is -0.132. The fourth-order valence-corrected chi connectivity index (χ4v) is 0.532. The third kappa shape index (κ3) is 1.51. The Balaban J connectivity index is 2.83. The number of aliphatic carboxylic acids is 1. The first kappa shape index (κ1) is 6.67. The molecule has 0 aromatic carbocycles. The Bertz CT molecular complexity index is 228. The van der Waals surface area contributed by atoms with Gasteiger partial charge in [0.05, 0.1) is 6.54 Å². The molecule has 0 bridgehead atoms. The van der Waals surface area contributed by atoms with Crippen LogP contribution in [0.25, 0.3) is 0 Å². The number of allylic oxidation sites excluding steroid dienone is 2. The minimum absolute atomic E-state index is 0.0197. The van der Waals surface area contributed by atoms with Gasteiger partial charge in [0.15, 0.2) is 5.70 Å². The third-order valence-corrected chi connectivity index (χ3v) is 0.975. The van der Waals surface area contributed by atoms with E-state index in [1.54, 1.807) is 12.2 Å². The summed E-state index contributed by atoms with van der Waals surface area (Å²) in [5, 5.41) is 15.4. The first-order valence-corrected chi connectivity index (χ1v) is 2.78. The summed E-state index contributed by atoms with van der Waals surface area (Å²) in [7, 11) is 0. The second kappa shape index (κ2) is 2.91. The van der Waals surface area contributed by atoms with Gasteiger partial charge in [0.2, 0.25) is 0 Å². The van der Waals surface area contributed by atoms with E-state index in [4.69, 9.17) is 5.11 Å². The zero-order chi connectivity index (χ0) is 7.40. The lowest BCUT2D eigenvalue weighted by Crippen LogP contribution is -1.95. The van der Waals surface area contributed by atoms with E-state index in [9.17, 15) is 4.79 Å². The van der Waals surface area contributed by atoms with Crippen molar-refractivity contribution in [3.05, 3.63) is 23.9 Å². The average Bonchev–Trinajstić information content (AvgIpc) is 2.12. The number of hydrogen-bond donors (Lipinski definition) is 1. The molecule has 1 aliphatic rings. The van der Waals surface area contributed by atoms with Gasteiger partial charge < -0.3 is 5.11 Å². The van der Waals surface area contributed by atoms with Crippen LogP contribution in [-0.4, -0.2) is 17.6 Å². The molecule has 10 heavy (non-hydrogen) atoms. The van der Waals surface area contributed by atoms with E-state index in [1.165, 1.54) is 6.08 Å². The zero-order valence-corrected chi connectivity index (χ0v) is 5.19. The van der Waals surface area contributed by atoms with Crippen molar-refractivity contribution in [1.29, 1.82) is 0 Å². The highest BCUT2D eigenvalue weighted by molar-refractivity contribution is 5.86. The van der Waals surface area contributed by atoms with E-state index in [0.29, 0.717) is 6.54 Å². The smallest absolute Gasteiger partial charge is 0.356 e. The Morgan fingerprint density at radius 1 is 1.70 bits per heavy atom. The lowest BCUT2D eigenvalue weighted by Gasteiger charge is -1.86. The van der Waals surface area contributed by atoms with Crippen LogP contribution in [0.4, 0.5) is 0 Å². The fraction of sp³-hybridized carbons (Fsp3) is 0.167. The van der Waals surface area contributed by atoms with Crippen LogP contribution in [0.3, 0.4) is 0 Å². The predicted octanol–water partition coefficient (Wildman–Crippen LogP) is 0.977. The topological polar surface area (TPSA) is 62.0 Å². The Morgan fingerprint density at radius 3 is 3.20 bits per heavy atom. The van der Waals surface area contributed by atoms with Crippen molar-refractivity contribution in [3.63, 3.8) is 0 Å². The van der Waals surface area contributed by atoms with Gasteiger partial charge in [-0.15, -0.1) is 5.11 Å².